The van der Waals surface area contributed by atoms with E-state index in [9.17, 15) is 4.79 Å². The third kappa shape index (κ3) is 1.64. The maximum absolute atomic E-state index is 9.82. The highest BCUT2D eigenvalue weighted by molar-refractivity contribution is 5.55. The van der Waals surface area contributed by atoms with E-state index < -0.39 is 0 Å². The number of aromatic nitrogens is 1. The number of hydrogen-bond acceptors (Lipinski definition) is 2. The smallest absolute Gasteiger partial charge is 0.203 e. The third-order valence-electron chi connectivity index (χ3n) is 0.999. The summed E-state index contributed by atoms with van der Waals surface area (Å²) >= 11 is 0. The molecular formula is C7H6NO. The van der Waals surface area contributed by atoms with Crippen molar-refractivity contribution < 1.29 is 4.79 Å². The van der Waals surface area contributed by atoms with Gasteiger partial charge < -0.3 is 0 Å². The van der Waals surface area contributed by atoms with Crippen LogP contribution in [-0.4, -0.2) is 11.3 Å². The predicted octanol–water partition coefficient (Wildman–Crippen LogP) is 0.734. The summed E-state index contributed by atoms with van der Waals surface area (Å²) in [7, 11) is 0. The Kier molecular flexibility index (Phi) is 1.96. The van der Waals surface area contributed by atoms with Crippen LogP contribution in [0.3, 0.4) is 0 Å². The second-order valence-corrected chi connectivity index (χ2v) is 1.68. The van der Waals surface area contributed by atoms with E-state index in [0.29, 0.717) is 6.42 Å². The van der Waals surface area contributed by atoms with E-state index in [-0.39, 0.29) is 0 Å². The first-order valence-electron chi connectivity index (χ1n) is 2.67. The van der Waals surface area contributed by atoms with Crippen molar-refractivity contribution in [2.45, 2.75) is 6.42 Å². The van der Waals surface area contributed by atoms with Crippen LogP contribution in [0.1, 0.15) is 5.56 Å². The van der Waals surface area contributed by atoms with Gasteiger partial charge in [0.05, 0.1) is 0 Å². The minimum Gasteiger partial charge on any atom is -0.291 e. The molecule has 1 aromatic heterocycles. The van der Waals surface area contributed by atoms with Crippen LogP contribution in [0, 0.1) is 0 Å². The van der Waals surface area contributed by atoms with Crippen LogP contribution in [0.2, 0.25) is 0 Å². The summed E-state index contributed by atoms with van der Waals surface area (Å²) in [5.41, 5.74) is 0.910. The summed E-state index contributed by atoms with van der Waals surface area (Å²) in [6.07, 6.45) is 5.47. The number of rotatable bonds is 2. The molecule has 0 aliphatic rings. The first-order chi connectivity index (χ1) is 4.43. The zero-order chi connectivity index (χ0) is 6.53. The van der Waals surface area contributed by atoms with Crippen LogP contribution in [0.5, 0.6) is 0 Å². The molecule has 0 aliphatic carbocycles. The zero-order valence-electron chi connectivity index (χ0n) is 4.87. The Morgan fingerprint density at radius 2 is 2.56 bits per heavy atom. The Hall–Kier alpha value is -1.18. The Labute approximate surface area is 53.5 Å². The van der Waals surface area contributed by atoms with Gasteiger partial charge in [0.1, 0.15) is 0 Å². The molecule has 0 atom stereocenters. The van der Waals surface area contributed by atoms with Crippen LogP contribution < -0.4 is 0 Å². The average molecular weight is 120 g/mol. The molecule has 0 spiro atoms. The molecule has 0 aromatic carbocycles. The van der Waals surface area contributed by atoms with Crippen molar-refractivity contribution in [3.05, 3.63) is 30.1 Å². The van der Waals surface area contributed by atoms with Crippen molar-refractivity contribution in [1.29, 1.82) is 0 Å². The minimum absolute atomic E-state index is 0.341. The van der Waals surface area contributed by atoms with Crippen LogP contribution >= 0.6 is 0 Å². The topological polar surface area (TPSA) is 30.0 Å². The SMILES string of the molecule is O=[C]Cc1cccnc1. The highest BCUT2D eigenvalue weighted by atomic mass is 16.1. The summed E-state index contributed by atoms with van der Waals surface area (Å²) in [5.74, 6) is 0. The van der Waals surface area contributed by atoms with E-state index >= 15 is 0 Å². The summed E-state index contributed by atoms with van der Waals surface area (Å²) in [4.78, 5) is 13.6. The molecular weight excluding hydrogens is 114 g/mol. The molecule has 2 heteroatoms. The standard InChI is InChI=1S/C7H6NO/c9-5-3-7-2-1-4-8-6-7/h1-2,4,6H,3H2. The largest absolute Gasteiger partial charge is 0.291 e. The van der Waals surface area contributed by atoms with E-state index in [2.05, 4.69) is 4.98 Å². The van der Waals surface area contributed by atoms with Gasteiger partial charge in [-0.3, -0.25) is 9.78 Å². The van der Waals surface area contributed by atoms with Crippen LogP contribution in [0.4, 0.5) is 0 Å². The molecule has 45 valence electrons. The normalized spacial score (nSPS) is 8.89. The Balaban J connectivity index is 2.72. The zero-order valence-corrected chi connectivity index (χ0v) is 4.87. The van der Waals surface area contributed by atoms with Gasteiger partial charge in [-0.15, -0.1) is 0 Å². The fourth-order valence-corrected chi connectivity index (χ4v) is 0.586. The second kappa shape index (κ2) is 2.97. The number of nitrogens with zero attached hydrogens (tertiary/aromatic N) is 1. The molecule has 1 radical (unpaired) electrons. The summed E-state index contributed by atoms with van der Waals surface area (Å²) in [6.45, 7) is 0. The first-order valence-corrected chi connectivity index (χ1v) is 2.67. The van der Waals surface area contributed by atoms with Gasteiger partial charge in [-0.05, 0) is 11.6 Å². The molecule has 0 fully saturated rings. The van der Waals surface area contributed by atoms with Gasteiger partial charge in [0.2, 0.25) is 6.29 Å². The van der Waals surface area contributed by atoms with Gasteiger partial charge in [-0.25, -0.2) is 0 Å². The molecule has 0 unspecified atom stereocenters. The van der Waals surface area contributed by atoms with Crippen molar-refractivity contribution in [3.63, 3.8) is 0 Å². The number of pyridine rings is 1. The van der Waals surface area contributed by atoms with E-state index in [1.165, 1.54) is 0 Å². The Morgan fingerprint density at radius 3 is 3.11 bits per heavy atom. The lowest BCUT2D eigenvalue weighted by Crippen LogP contribution is -1.84. The maximum atomic E-state index is 9.82. The lowest BCUT2D eigenvalue weighted by molar-refractivity contribution is 0.555. The summed E-state index contributed by atoms with van der Waals surface area (Å²) < 4.78 is 0. The quantitative estimate of drug-likeness (QED) is 0.576. The Morgan fingerprint density at radius 1 is 1.67 bits per heavy atom. The molecule has 0 saturated heterocycles. The maximum Gasteiger partial charge on any atom is 0.203 e. The fraction of sp³-hybridized carbons (Fsp3) is 0.143. The number of hydrogen-bond donors (Lipinski definition) is 0. The van der Waals surface area contributed by atoms with Crippen LogP contribution in [-0.2, 0) is 11.2 Å². The fourth-order valence-electron chi connectivity index (χ4n) is 0.586. The van der Waals surface area contributed by atoms with Gasteiger partial charge in [0, 0.05) is 18.8 Å². The van der Waals surface area contributed by atoms with E-state index in [1.54, 1.807) is 24.7 Å². The third-order valence-corrected chi connectivity index (χ3v) is 0.999. The molecule has 0 N–H and O–H groups in total. The van der Waals surface area contributed by atoms with Gasteiger partial charge in [-0.1, -0.05) is 6.07 Å². The van der Waals surface area contributed by atoms with E-state index in [1.807, 2.05) is 6.07 Å². The van der Waals surface area contributed by atoms with Gasteiger partial charge in [-0.2, -0.15) is 0 Å². The lowest BCUT2D eigenvalue weighted by atomic mass is 10.2. The van der Waals surface area contributed by atoms with E-state index in [0.717, 1.165) is 5.56 Å². The molecule has 1 heterocycles. The molecule has 0 amide bonds. The molecule has 1 rings (SSSR count). The monoisotopic (exact) mass is 120 g/mol. The highest BCUT2D eigenvalue weighted by Crippen LogP contribution is 1.93. The van der Waals surface area contributed by atoms with Crippen molar-refractivity contribution in [1.82, 2.24) is 4.98 Å². The van der Waals surface area contributed by atoms with Crippen molar-refractivity contribution in [3.8, 4) is 0 Å². The number of carbonyl (C=O) groups excluding carboxylic acids is 1. The average Bonchev–Trinajstić information content (AvgIpc) is 1.91. The molecule has 0 bridgehead atoms. The van der Waals surface area contributed by atoms with Crippen LogP contribution in [0.15, 0.2) is 24.5 Å². The van der Waals surface area contributed by atoms with Crippen LogP contribution in [0.25, 0.3) is 0 Å². The highest BCUT2D eigenvalue weighted by Gasteiger charge is 1.86. The van der Waals surface area contributed by atoms with Gasteiger partial charge in [0.15, 0.2) is 0 Å². The lowest BCUT2D eigenvalue weighted by Gasteiger charge is -1.87. The van der Waals surface area contributed by atoms with Gasteiger partial charge in [0.25, 0.3) is 0 Å². The molecule has 0 saturated carbocycles. The minimum atomic E-state index is 0.341. The molecule has 0 aliphatic heterocycles. The second-order valence-electron chi connectivity index (χ2n) is 1.68. The van der Waals surface area contributed by atoms with E-state index in [4.69, 9.17) is 0 Å². The Bertz CT molecular complexity index is 183. The van der Waals surface area contributed by atoms with Gasteiger partial charge >= 0.3 is 0 Å². The van der Waals surface area contributed by atoms with Crippen molar-refractivity contribution >= 4 is 6.29 Å². The van der Waals surface area contributed by atoms with Crippen molar-refractivity contribution in [2.75, 3.05) is 0 Å². The summed E-state index contributed by atoms with van der Waals surface area (Å²) in [6, 6.07) is 3.64. The molecule has 9 heavy (non-hydrogen) atoms. The molecule has 1 aromatic rings. The van der Waals surface area contributed by atoms with Crippen molar-refractivity contribution in [2.24, 2.45) is 0 Å². The molecule has 2 nitrogen and oxygen atoms in total. The summed E-state index contributed by atoms with van der Waals surface area (Å²) in [5, 5.41) is 0. The predicted molar refractivity (Wildman–Crippen MR) is 33.6 cm³/mol. The first kappa shape index (κ1) is 5.95.